The molecular weight excluding hydrogens is 278 g/mol. The summed E-state index contributed by atoms with van der Waals surface area (Å²) in [5.41, 5.74) is 1.58. The van der Waals surface area contributed by atoms with Crippen molar-refractivity contribution in [2.45, 2.75) is 26.8 Å². The third-order valence-electron chi connectivity index (χ3n) is 3.55. The molecule has 2 aromatic rings. The van der Waals surface area contributed by atoms with Crippen LogP contribution in [-0.2, 0) is 4.79 Å². The highest BCUT2D eigenvalue weighted by molar-refractivity contribution is 5.93. The number of nitrogens with zero attached hydrogens (tertiary/aromatic N) is 2. The standard InChI is InChI=1S/C17H17N3O2/c1-11-9-12(2)20(17(22)15(11)10-18)13(3)16(21)19-14-7-5-4-6-8-14/h4-9,13H,1-3H3,(H,19,21). The zero-order valence-corrected chi connectivity index (χ0v) is 12.8. The van der Waals surface area contributed by atoms with Gasteiger partial charge in [0.15, 0.2) is 0 Å². The SMILES string of the molecule is Cc1cc(C)n(C(C)C(=O)Nc2ccccc2)c(=O)c1C#N. The van der Waals surface area contributed by atoms with E-state index < -0.39 is 11.6 Å². The third kappa shape index (κ3) is 2.91. The number of aromatic nitrogens is 1. The first-order valence-electron chi connectivity index (χ1n) is 6.94. The molecule has 0 aliphatic heterocycles. The van der Waals surface area contributed by atoms with Crippen LogP contribution in [0.3, 0.4) is 0 Å². The molecule has 1 amide bonds. The van der Waals surface area contributed by atoms with E-state index >= 15 is 0 Å². The lowest BCUT2D eigenvalue weighted by Gasteiger charge is -2.19. The average molecular weight is 295 g/mol. The normalized spacial score (nSPS) is 11.5. The lowest BCUT2D eigenvalue weighted by molar-refractivity contribution is -0.118. The minimum absolute atomic E-state index is 0.0740. The summed E-state index contributed by atoms with van der Waals surface area (Å²) < 4.78 is 1.35. The second-order valence-corrected chi connectivity index (χ2v) is 5.16. The average Bonchev–Trinajstić information content (AvgIpc) is 2.48. The maximum absolute atomic E-state index is 12.4. The van der Waals surface area contributed by atoms with Crippen LogP contribution in [0.1, 0.15) is 29.8 Å². The summed E-state index contributed by atoms with van der Waals surface area (Å²) in [6.07, 6.45) is 0. The Bertz CT molecular complexity index is 801. The van der Waals surface area contributed by atoms with Crippen LogP contribution in [0.2, 0.25) is 0 Å². The Hall–Kier alpha value is -2.87. The van der Waals surface area contributed by atoms with Crippen molar-refractivity contribution in [3.8, 4) is 6.07 Å². The molecule has 22 heavy (non-hydrogen) atoms. The van der Waals surface area contributed by atoms with Crippen LogP contribution in [0, 0.1) is 25.2 Å². The van der Waals surface area contributed by atoms with E-state index in [0.717, 1.165) is 0 Å². The number of nitrogens with one attached hydrogen (secondary N) is 1. The largest absolute Gasteiger partial charge is 0.324 e. The zero-order chi connectivity index (χ0) is 16.3. The summed E-state index contributed by atoms with van der Waals surface area (Å²) in [5, 5.41) is 11.9. The number of hydrogen-bond acceptors (Lipinski definition) is 3. The van der Waals surface area contributed by atoms with Crippen LogP contribution >= 0.6 is 0 Å². The first-order valence-corrected chi connectivity index (χ1v) is 6.94. The predicted octanol–water partition coefficient (Wildman–Crippen LogP) is 2.54. The van der Waals surface area contributed by atoms with Crippen molar-refractivity contribution in [3.05, 3.63) is 63.6 Å². The van der Waals surface area contributed by atoms with E-state index in [2.05, 4.69) is 5.32 Å². The Labute approximate surface area is 128 Å². The molecule has 5 heteroatoms. The number of anilines is 1. The fourth-order valence-corrected chi connectivity index (χ4v) is 2.41. The summed E-state index contributed by atoms with van der Waals surface area (Å²) in [4.78, 5) is 24.7. The van der Waals surface area contributed by atoms with Crippen molar-refractivity contribution >= 4 is 11.6 Å². The van der Waals surface area contributed by atoms with E-state index in [9.17, 15) is 9.59 Å². The molecule has 1 atom stereocenters. The van der Waals surface area contributed by atoms with Gasteiger partial charge in [-0.05, 0) is 44.5 Å². The molecule has 0 aliphatic carbocycles. The van der Waals surface area contributed by atoms with Crippen molar-refractivity contribution in [2.24, 2.45) is 0 Å². The molecule has 0 saturated carbocycles. The van der Waals surface area contributed by atoms with Gasteiger partial charge in [-0.2, -0.15) is 5.26 Å². The predicted molar refractivity (Wildman–Crippen MR) is 84.7 cm³/mol. The van der Waals surface area contributed by atoms with Gasteiger partial charge in [0.25, 0.3) is 5.56 Å². The number of pyridine rings is 1. The van der Waals surface area contributed by atoms with Gasteiger partial charge < -0.3 is 5.32 Å². The monoisotopic (exact) mass is 295 g/mol. The second-order valence-electron chi connectivity index (χ2n) is 5.16. The number of aryl methyl sites for hydroxylation is 2. The molecule has 2 rings (SSSR count). The summed E-state index contributed by atoms with van der Waals surface area (Å²) in [5.74, 6) is -0.302. The van der Waals surface area contributed by atoms with Gasteiger partial charge >= 0.3 is 0 Å². The lowest BCUT2D eigenvalue weighted by Crippen LogP contribution is -2.34. The zero-order valence-electron chi connectivity index (χ0n) is 12.8. The van der Waals surface area contributed by atoms with Crippen LogP contribution in [-0.4, -0.2) is 10.5 Å². The van der Waals surface area contributed by atoms with Crippen molar-refractivity contribution in [2.75, 3.05) is 5.32 Å². The summed E-state index contributed by atoms with van der Waals surface area (Å²) in [6.45, 7) is 5.11. The molecule has 0 radical (unpaired) electrons. The summed E-state index contributed by atoms with van der Waals surface area (Å²) in [7, 11) is 0. The van der Waals surface area contributed by atoms with Gasteiger partial charge in [0.1, 0.15) is 17.7 Å². The lowest BCUT2D eigenvalue weighted by atomic mass is 10.1. The number of para-hydroxylation sites is 1. The number of rotatable bonds is 3. The molecule has 5 nitrogen and oxygen atoms in total. The van der Waals surface area contributed by atoms with Gasteiger partial charge in [-0.25, -0.2) is 0 Å². The van der Waals surface area contributed by atoms with Gasteiger partial charge in [-0.3, -0.25) is 14.2 Å². The van der Waals surface area contributed by atoms with Gasteiger partial charge in [0.05, 0.1) is 0 Å². The van der Waals surface area contributed by atoms with Crippen LogP contribution in [0.15, 0.2) is 41.2 Å². The molecule has 1 aromatic carbocycles. The second kappa shape index (κ2) is 6.27. The number of carbonyl (C=O) groups is 1. The first kappa shape index (κ1) is 15.5. The van der Waals surface area contributed by atoms with Gasteiger partial charge in [0, 0.05) is 11.4 Å². The first-order chi connectivity index (χ1) is 10.5. The highest BCUT2D eigenvalue weighted by Gasteiger charge is 2.20. The highest BCUT2D eigenvalue weighted by Crippen LogP contribution is 2.14. The minimum atomic E-state index is -0.708. The van der Waals surface area contributed by atoms with Crippen LogP contribution < -0.4 is 10.9 Å². The molecule has 1 N–H and O–H groups in total. The molecule has 0 spiro atoms. The van der Waals surface area contributed by atoms with E-state index in [-0.39, 0.29) is 11.5 Å². The molecule has 0 fully saturated rings. The molecule has 0 bridgehead atoms. The van der Waals surface area contributed by atoms with E-state index in [4.69, 9.17) is 5.26 Å². The Morgan fingerprint density at radius 3 is 2.50 bits per heavy atom. The quantitative estimate of drug-likeness (QED) is 0.945. The molecule has 1 aromatic heterocycles. The highest BCUT2D eigenvalue weighted by atomic mass is 16.2. The molecular formula is C17H17N3O2. The molecule has 0 aliphatic rings. The number of hydrogen-bond donors (Lipinski definition) is 1. The molecule has 1 unspecified atom stereocenters. The minimum Gasteiger partial charge on any atom is -0.324 e. The topological polar surface area (TPSA) is 74.9 Å². The van der Waals surface area contributed by atoms with E-state index in [1.165, 1.54) is 4.57 Å². The van der Waals surface area contributed by atoms with E-state index in [1.807, 2.05) is 24.3 Å². The number of benzene rings is 1. The Morgan fingerprint density at radius 2 is 1.91 bits per heavy atom. The number of nitriles is 1. The number of carbonyl (C=O) groups excluding carboxylic acids is 1. The summed E-state index contributed by atoms with van der Waals surface area (Å²) in [6, 6.07) is 12.0. The Morgan fingerprint density at radius 1 is 1.27 bits per heavy atom. The molecule has 1 heterocycles. The Kier molecular flexibility index (Phi) is 4.42. The van der Waals surface area contributed by atoms with Crippen LogP contribution in [0.5, 0.6) is 0 Å². The third-order valence-corrected chi connectivity index (χ3v) is 3.55. The fourth-order valence-electron chi connectivity index (χ4n) is 2.41. The van der Waals surface area contributed by atoms with Gasteiger partial charge in [-0.15, -0.1) is 0 Å². The maximum Gasteiger partial charge on any atom is 0.269 e. The van der Waals surface area contributed by atoms with Crippen molar-refractivity contribution < 1.29 is 4.79 Å². The maximum atomic E-state index is 12.4. The van der Waals surface area contributed by atoms with E-state index in [0.29, 0.717) is 16.9 Å². The van der Waals surface area contributed by atoms with Gasteiger partial charge in [0.2, 0.25) is 5.91 Å². The van der Waals surface area contributed by atoms with E-state index in [1.54, 1.807) is 39.0 Å². The van der Waals surface area contributed by atoms with Crippen molar-refractivity contribution in [1.82, 2.24) is 4.57 Å². The number of amides is 1. The smallest absolute Gasteiger partial charge is 0.269 e. The molecule has 0 saturated heterocycles. The summed E-state index contributed by atoms with van der Waals surface area (Å²) >= 11 is 0. The van der Waals surface area contributed by atoms with Crippen LogP contribution in [0.4, 0.5) is 5.69 Å². The van der Waals surface area contributed by atoms with Crippen molar-refractivity contribution in [1.29, 1.82) is 5.26 Å². The molecule has 112 valence electrons. The Balaban J connectivity index is 2.38. The van der Waals surface area contributed by atoms with Gasteiger partial charge in [-0.1, -0.05) is 18.2 Å². The fraction of sp³-hybridized carbons (Fsp3) is 0.235. The van der Waals surface area contributed by atoms with Crippen molar-refractivity contribution in [3.63, 3.8) is 0 Å². The van der Waals surface area contributed by atoms with Crippen LogP contribution in [0.25, 0.3) is 0 Å².